The smallest absolute Gasteiger partial charge is 0.247 e. The lowest BCUT2D eigenvalue weighted by Crippen LogP contribution is -2.38. The van der Waals surface area contributed by atoms with Crippen LogP contribution in [0.5, 0.6) is 0 Å². The molecule has 2 N–H and O–H groups in total. The van der Waals surface area contributed by atoms with E-state index >= 15 is 0 Å². The summed E-state index contributed by atoms with van der Waals surface area (Å²) in [7, 11) is 0. The van der Waals surface area contributed by atoms with E-state index in [0.29, 0.717) is 25.0 Å². The van der Waals surface area contributed by atoms with Gasteiger partial charge in [0, 0.05) is 30.1 Å². The Labute approximate surface area is 213 Å². The van der Waals surface area contributed by atoms with Crippen LogP contribution in [-0.4, -0.2) is 32.5 Å². The highest BCUT2D eigenvalue weighted by Crippen LogP contribution is 2.37. The SMILES string of the molecule is C=C1Nc2cn[nH]c2-c2ccnc(c2)C(N2CCC(c3c(F)ccc(Cl)c3F)=CC2=O)CCCC1C. The van der Waals surface area contributed by atoms with Crippen LogP contribution in [0.4, 0.5) is 14.5 Å². The fraction of sp³-hybridized carbons (Fsp3) is 0.296. The summed E-state index contributed by atoms with van der Waals surface area (Å²) in [5.74, 6) is -1.68. The quantitative estimate of drug-likeness (QED) is 0.386. The maximum Gasteiger partial charge on any atom is 0.247 e. The van der Waals surface area contributed by atoms with Gasteiger partial charge in [0.25, 0.3) is 0 Å². The number of hydrogen-bond donors (Lipinski definition) is 2. The van der Waals surface area contributed by atoms with Crippen LogP contribution in [0.1, 0.15) is 49.9 Å². The molecule has 9 heteroatoms. The highest BCUT2D eigenvalue weighted by atomic mass is 35.5. The molecule has 2 atom stereocenters. The van der Waals surface area contributed by atoms with Crippen molar-refractivity contribution >= 4 is 28.8 Å². The van der Waals surface area contributed by atoms with Crippen LogP contribution >= 0.6 is 11.6 Å². The van der Waals surface area contributed by atoms with Crippen molar-refractivity contribution in [3.8, 4) is 11.3 Å². The number of pyridine rings is 1. The van der Waals surface area contributed by atoms with Gasteiger partial charge in [-0.2, -0.15) is 5.10 Å². The molecule has 0 fully saturated rings. The van der Waals surface area contributed by atoms with Crippen molar-refractivity contribution in [2.75, 3.05) is 11.9 Å². The molecule has 2 unspecified atom stereocenters. The number of nitrogens with zero attached hydrogens (tertiary/aromatic N) is 3. The minimum atomic E-state index is -0.845. The molecule has 1 amide bonds. The van der Waals surface area contributed by atoms with Crippen molar-refractivity contribution < 1.29 is 13.6 Å². The first-order valence-electron chi connectivity index (χ1n) is 11.9. The van der Waals surface area contributed by atoms with Gasteiger partial charge in [-0.3, -0.25) is 14.9 Å². The summed E-state index contributed by atoms with van der Waals surface area (Å²) in [5.41, 5.74) is 4.25. The largest absolute Gasteiger partial charge is 0.356 e. The number of allylic oxidation sites excluding steroid dienone is 1. The molecule has 4 heterocycles. The Morgan fingerprint density at radius 3 is 2.86 bits per heavy atom. The van der Waals surface area contributed by atoms with Gasteiger partial charge >= 0.3 is 0 Å². The molecule has 2 aliphatic heterocycles. The number of benzene rings is 1. The molecule has 2 aliphatic rings. The van der Waals surface area contributed by atoms with Crippen LogP contribution in [0.25, 0.3) is 16.8 Å². The van der Waals surface area contributed by atoms with Crippen LogP contribution in [0.2, 0.25) is 5.02 Å². The molecule has 0 aliphatic carbocycles. The molecule has 36 heavy (non-hydrogen) atoms. The van der Waals surface area contributed by atoms with Gasteiger partial charge in [-0.05, 0) is 55.0 Å². The molecule has 3 aromatic rings. The average molecular weight is 510 g/mol. The number of anilines is 1. The highest BCUT2D eigenvalue weighted by molar-refractivity contribution is 6.31. The second-order valence-electron chi connectivity index (χ2n) is 9.30. The average Bonchev–Trinajstić information content (AvgIpc) is 3.32. The lowest BCUT2D eigenvalue weighted by molar-refractivity contribution is -0.129. The van der Waals surface area contributed by atoms with Gasteiger partial charge in [0.1, 0.15) is 5.82 Å². The van der Waals surface area contributed by atoms with E-state index in [1.807, 2.05) is 12.1 Å². The van der Waals surface area contributed by atoms with Crippen LogP contribution in [0.15, 0.2) is 55.0 Å². The van der Waals surface area contributed by atoms with Gasteiger partial charge < -0.3 is 10.2 Å². The van der Waals surface area contributed by atoms with E-state index in [2.05, 4.69) is 34.0 Å². The normalized spacial score (nSPS) is 20.7. The fourth-order valence-electron chi connectivity index (χ4n) is 4.92. The van der Waals surface area contributed by atoms with Gasteiger partial charge in [-0.15, -0.1) is 0 Å². The topological polar surface area (TPSA) is 73.9 Å². The van der Waals surface area contributed by atoms with Crippen molar-refractivity contribution in [1.82, 2.24) is 20.1 Å². The highest BCUT2D eigenvalue weighted by Gasteiger charge is 2.31. The number of H-pyrrole nitrogens is 1. The Hall–Kier alpha value is -3.52. The van der Waals surface area contributed by atoms with Crippen molar-refractivity contribution in [3.63, 3.8) is 0 Å². The molecule has 1 aromatic carbocycles. The van der Waals surface area contributed by atoms with Crippen LogP contribution in [-0.2, 0) is 4.79 Å². The summed E-state index contributed by atoms with van der Waals surface area (Å²) < 4.78 is 29.1. The first-order chi connectivity index (χ1) is 17.3. The lowest BCUT2D eigenvalue weighted by atomic mass is 9.93. The van der Waals surface area contributed by atoms with E-state index in [4.69, 9.17) is 11.6 Å². The Bertz CT molecular complexity index is 1370. The third kappa shape index (κ3) is 4.53. The zero-order valence-electron chi connectivity index (χ0n) is 19.8. The zero-order chi connectivity index (χ0) is 25.4. The first kappa shape index (κ1) is 24.2. The van der Waals surface area contributed by atoms with E-state index in [1.54, 1.807) is 17.3 Å². The number of halogens is 3. The van der Waals surface area contributed by atoms with Crippen LogP contribution < -0.4 is 5.32 Å². The minimum Gasteiger partial charge on any atom is -0.356 e. The first-order valence-corrected chi connectivity index (χ1v) is 12.3. The van der Waals surface area contributed by atoms with Crippen LogP contribution in [0, 0.1) is 17.6 Å². The molecule has 186 valence electrons. The van der Waals surface area contributed by atoms with E-state index in [-0.39, 0.29) is 28.5 Å². The summed E-state index contributed by atoms with van der Waals surface area (Å²) in [6.07, 6.45) is 7.48. The second-order valence-corrected chi connectivity index (χ2v) is 9.70. The van der Waals surface area contributed by atoms with Crippen molar-refractivity contribution in [2.24, 2.45) is 5.92 Å². The lowest BCUT2D eigenvalue weighted by Gasteiger charge is -2.34. The standard InChI is InChI=1S/C27H26ClF2N5O/c1-15-4-3-5-23(21-12-18(8-10-31-21)27-22(14-32-34-27)33-16(15)2)35-11-9-17(13-24(35)36)25-20(29)7-6-19(28)26(25)30/h6-8,10,12-15,23,33H,2-5,9,11H2,1H3,(H,32,34). The van der Waals surface area contributed by atoms with Gasteiger partial charge in [0.05, 0.1) is 39.9 Å². The zero-order valence-corrected chi connectivity index (χ0v) is 20.6. The Morgan fingerprint density at radius 2 is 2.06 bits per heavy atom. The van der Waals surface area contributed by atoms with E-state index in [1.165, 1.54) is 12.1 Å². The molecule has 0 saturated carbocycles. The molecule has 6 nitrogen and oxygen atoms in total. The monoisotopic (exact) mass is 509 g/mol. The molecule has 0 saturated heterocycles. The van der Waals surface area contributed by atoms with E-state index in [0.717, 1.165) is 47.2 Å². The van der Waals surface area contributed by atoms with Crippen LogP contribution in [0.3, 0.4) is 0 Å². The summed E-state index contributed by atoms with van der Waals surface area (Å²) in [5, 5.41) is 10.4. The summed E-state index contributed by atoms with van der Waals surface area (Å²) in [6, 6.07) is 5.85. The Kier molecular flexibility index (Phi) is 6.62. The van der Waals surface area contributed by atoms with E-state index in [9.17, 15) is 13.6 Å². The number of carbonyl (C=O) groups excluding carboxylic acids is 1. The van der Waals surface area contributed by atoms with Gasteiger partial charge in [0.2, 0.25) is 5.91 Å². The third-order valence-electron chi connectivity index (χ3n) is 7.00. The predicted octanol–water partition coefficient (Wildman–Crippen LogP) is 6.51. The van der Waals surface area contributed by atoms with Gasteiger partial charge in [-0.25, -0.2) is 8.78 Å². The fourth-order valence-corrected chi connectivity index (χ4v) is 5.08. The number of nitrogens with one attached hydrogen (secondary N) is 2. The maximum absolute atomic E-state index is 14.6. The molecule has 5 rings (SSSR count). The Balaban J connectivity index is 1.51. The van der Waals surface area contributed by atoms with Crippen molar-refractivity contribution in [2.45, 2.75) is 38.6 Å². The summed E-state index contributed by atoms with van der Waals surface area (Å²) in [6.45, 7) is 6.63. The maximum atomic E-state index is 14.6. The van der Waals surface area contributed by atoms with E-state index < -0.39 is 11.6 Å². The van der Waals surface area contributed by atoms with Crippen molar-refractivity contribution in [1.29, 1.82) is 0 Å². The number of fused-ring (bicyclic) bond motifs is 4. The third-order valence-corrected chi connectivity index (χ3v) is 7.29. The van der Waals surface area contributed by atoms with Gasteiger partial charge in [-0.1, -0.05) is 31.5 Å². The molecule has 0 radical (unpaired) electrons. The number of carbonyl (C=O) groups is 1. The predicted molar refractivity (Wildman–Crippen MR) is 136 cm³/mol. The molecular formula is C27H26ClF2N5O. The number of rotatable bonds is 2. The molecular weight excluding hydrogens is 484 g/mol. The van der Waals surface area contributed by atoms with Gasteiger partial charge in [0.15, 0.2) is 5.82 Å². The van der Waals surface area contributed by atoms with Crippen molar-refractivity contribution in [3.05, 3.63) is 82.9 Å². The molecule has 0 spiro atoms. The summed E-state index contributed by atoms with van der Waals surface area (Å²) >= 11 is 5.88. The number of amides is 1. The number of aromatic amines is 1. The summed E-state index contributed by atoms with van der Waals surface area (Å²) in [4.78, 5) is 19.7. The number of hydrogen-bond acceptors (Lipinski definition) is 4. The second kappa shape index (κ2) is 9.85. The number of aromatic nitrogens is 3. The Morgan fingerprint density at radius 1 is 1.22 bits per heavy atom. The minimum absolute atomic E-state index is 0.175. The molecule has 2 bridgehead atoms. The molecule has 2 aromatic heterocycles.